The standard InChI is InChI=1S/C57H46N2S/c1-7-45-49-34-51-47(48-36-56(38(4)33-50(48)57(51,5)6)60-55-24-15-12-17-37(55)3)35-54(49)59(52(45)8-2)44-31-27-40(28-32-44)39-25-29-43(30-26-39)58(42-20-10-9-11-21-42)53-23-16-19-41-18-13-14-22-46(41)53/h7-36H,1-2H2,3-6H3. The van der Waals surface area contributed by atoms with Gasteiger partial charge in [0.25, 0.3) is 0 Å². The number of anilines is 3. The summed E-state index contributed by atoms with van der Waals surface area (Å²) in [4.78, 5) is 4.94. The van der Waals surface area contributed by atoms with Gasteiger partial charge in [-0.25, -0.2) is 0 Å². The van der Waals surface area contributed by atoms with Crippen LogP contribution in [0.25, 0.3) is 61.8 Å². The predicted octanol–water partition coefficient (Wildman–Crippen LogP) is 16.3. The third kappa shape index (κ3) is 6.12. The number of aryl methyl sites for hydroxylation is 2. The fraction of sp³-hybridized carbons (Fsp3) is 0.0877. The molecule has 60 heavy (non-hydrogen) atoms. The van der Waals surface area contributed by atoms with Gasteiger partial charge < -0.3 is 9.47 Å². The Labute approximate surface area is 357 Å². The third-order valence-electron chi connectivity index (χ3n) is 12.5. The third-order valence-corrected chi connectivity index (χ3v) is 13.8. The maximum atomic E-state index is 4.31. The van der Waals surface area contributed by atoms with Crippen LogP contribution in [0, 0.1) is 13.8 Å². The molecule has 0 saturated heterocycles. The summed E-state index contributed by atoms with van der Waals surface area (Å²) in [5, 5.41) is 3.63. The second-order valence-electron chi connectivity index (χ2n) is 16.4. The van der Waals surface area contributed by atoms with Crippen molar-refractivity contribution in [3.8, 4) is 27.9 Å². The number of fused-ring (bicyclic) bond motifs is 5. The molecule has 1 aromatic heterocycles. The zero-order valence-corrected chi connectivity index (χ0v) is 35.4. The molecule has 1 aliphatic carbocycles. The Morgan fingerprint density at radius 2 is 1.18 bits per heavy atom. The van der Waals surface area contributed by atoms with E-state index in [0.717, 1.165) is 50.7 Å². The van der Waals surface area contributed by atoms with Gasteiger partial charge >= 0.3 is 0 Å². The summed E-state index contributed by atoms with van der Waals surface area (Å²) in [6.07, 6.45) is 3.97. The summed E-state index contributed by atoms with van der Waals surface area (Å²) < 4.78 is 2.36. The van der Waals surface area contributed by atoms with Gasteiger partial charge in [0.15, 0.2) is 0 Å². The first-order valence-electron chi connectivity index (χ1n) is 20.7. The molecule has 290 valence electrons. The highest BCUT2D eigenvalue weighted by atomic mass is 32.2. The van der Waals surface area contributed by atoms with Crippen LogP contribution in [0.1, 0.15) is 47.4 Å². The molecule has 2 nitrogen and oxygen atoms in total. The van der Waals surface area contributed by atoms with Crippen LogP contribution < -0.4 is 4.90 Å². The van der Waals surface area contributed by atoms with E-state index in [0.29, 0.717) is 0 Å². The van der Waals surface area contributed by atoms with Crippen molar-refractivity contribution in [2.45, 2.75) is 42.9 Å². The predicted molar refractivity (Wildman–Crippen MR) is 259 cm³/mol. The number of rotatable bonds is 9. The average molecular weight is 791 g/mol. The number of benzene rings is 8. The quantitative estimate of drug-likeness (QED) is 0.144. The van der Waals surface area contributed by atoms with Crippen molar-refractivity contribution in [2.24, 2.45) is 0 Å². The van der Waals surface area contributed by atoms with Gasteiger partial charge in [-0.15, -0.1) is 0 Å². The molecule has 0 spiro atoms. The highest BCUT2D eigenvalue weighted by Crippen LogP contribution is 2.53. The van der Waals surface area contributed by atoms with Crippen LogP contribution >= 0.6 is 11.8 Å². The molecule has 0 N–H and O–H groups in total. The molecule has 0 unspecified atom stereocenters. The number of aromatic nitrogens is 1. The van der Waals surface area contributed by atoms with E-state index in [1.165, 1.54) is 59.3 Å². The molecule has 0 aliphatic heterocycles. The van der Waals surface area contributed by atoms with Gasteiger partial charge in [-0.3, -0.25) is 0 Å². The van der Waals surface area contributed by atoms with Gasteiger partial charge in [-0.2, -0.15) is 0 Å². The lowest BCUT2D eigenvalue weighted by Gasteiger charge is -2.27. The lowest BCUT2D eigenvalue weighted by molar-refractivity contribution is 0.660. The van der Waals surface area contributed by atoms with E-state index in [4.69, 9.17) is 0 Å². The summed E-state index contributed by atoms with van der Waals surface area (Å²) >= 11 is 1.86. The number of para-hydroxylation sites is 1. The Balaban J connectivity index is 1.03. The molecule has 3 heteroatoms. The van der Waals surface area contributed by atoms with Crippen LogP contribution in [-0.4, -0.2) is 4.57 Å². The summed E-state index contributed by atoms with van der Waals surface area (Å²) in [6, 6.07) is 62.0. The molecule has 0 atom stereocenters. The van der Waals surface area contributed by atoms with Crippen molar-refractivity contribution >= 4 is 62.7 Å². The topological polar surface area (TPSA) is 8.17 Å². The molecular weight excluding hydrogens is 745 g/mol. The maximum Gasteiger partial charge on any atom is 0.0547 e. The van der Waals surface area contributed by atoms with Crippen molar-refractivity contribution in [1.29, 1.82) is 0 Å². The van der Waals surface area contributed by atoms with Crippen molar-refractivity contribution < 1.29 is 0 Å². The van der Waals surface area contributed by atoms with E-state index in [-0.39, 0.29) is 5.41 Å². The average Bonchev–Trinajstić information content (AvgIpc) is 3.71. The van der Waals surface area contributed by atoms with E-state index < -0.39 is 0 Å². The fourth-order valence-electron chi connectivity index (χ4n) is 9.30. The first kappa shape index (κ1) is 37.5. The Morgan fingerprint density at radius 3 is 1.92 bits per heavy atom. The minimum Gasteiger partial charge on any atom is -0.310 e. The van der Waals surface area contributed by atoms with Crippen LogP contribution in [0.2, 0.25) is 0 Å². The highest BCUT2D eigenvalue weighted by Gasteiger charge is 2.37. The summed E-state index contributed by atoms with van der Waals surface area (Å²) in [6.45, 7) is 17.8. The SMILES string of the molecule is C=Cc1c(C=C)n(-c2ccc(-c3ccc(N(c4ccccc4)c4cccc5ccccc45)cc3)cc2)c2cc3c(cc12)C(C)(C)c1cc(C)c(Sc2ccccc2C)cc1-3. The lowest BCUT2D eigenvalue weighted by Crippen LogP contribution is -2.15. The molecule has 8 aromatic carbocycles. The van der Waals surface area contributed by atoms with Crippen LogP contribution in [0.3, 0.4) is 0 Å². The molecule has 1 aliphatic rings. The van der Waals surface area contributed by atoms with E-state index in [1.54, 1.807) is 0 Å². The Morgan fingerprint density at radius 1 is 0.550 bits per heavy atom. The molecule has 0 fully saturated rings. The van der Waals surface area contributed by atoms with Gasteiger partial charge in [-0.05, 0) is 137 Å². The van der Waals surface area contributed by atoms with Gasteiger partial charge in [0.05, 0.1) is 16.9 Å². The Bertz CT molecular complexity index is 3130. The smallest absolute Gasteiger partial charge is 0.0547 e. The number of nitrogens with zero attached hydrogens (tertiary/aromatic N) is 2. The van der Waals surface area contributed by atoms with E-state index >= 15 is 0 Å². The zero-order chi connectivity index (χ0) is 41.1. The minimum atomic E-state index is -0.144. The van der Waals surface area contributed by atoms with Crippen molar-refractivity contribution in [1.82, 2.24) is 4.57 Å². The second kappa shape index (κ2) is 14.8. The van der Waals surface area contributed by atoms with E-state index in [2.05, 4.69) is 220 Å². The van der Waals surface area contributed by atoms with Gasteiger partial charge in [0.1, 0.15) is 0 Å². The fourth-order valence-corrected chi connectivity index (χ4v) is 10.3. The van der Waals surface area contributed by atoms with E-state index in [9.17, 15) is 0 Å². The van der Waals surface area contributed by atoms with Crippen LogP contribution in [-0.2, 0) is 5.41 Å². The first-order chi connectivity index (χ1) is 29.2. The van der Waals surface area contributed by atoms with Gasteiger partial charge in [-0.1, -0.05) is 148 Å². The Kier molecular flexibility index (Phi) is 9.23. The van der Waals surface area contributed by atoms with Gasteiger partial charge in [0.2, 0.25) is 0 Å². The summed E-state index contributed by atoms with van der Waals surface area (Å²) in [5.74, 6) is 0. The van der Waals surface area contributed by atoms with Crippen LogP contribution in [0.15, 0.2) is 193 Å². The second-order valence-corrected chi connectivity index (χ2v) is 17.5. The van der Waals surface area contributed by atoms with Crippen molar-refractivity contribution in [2.75, 3.05) is 4.90 Å². The largest absolute Gasteiger partial charge is 0.310 e. The van der Waals surface area contributed by atoms with Crippen LogP contribution in [0.4, 0.5) is 17.1 Å². The highest BCUT2D eigenvalue weighted by molar-refractivity contribution is 7.99. The monoisotopic (exact) mass is 790 g/mol. The lowest BCUT2D eigenvalue weighted by atomic mass is 9.81. The molecule has 0 radical (unpaired) electrons. The molecule has 10 rings (SSSR count). The Hall–Kier alpha value is -6.81. The van der Waals surface area contributed by atoms with Crippen LogP contribution in [0.5, 0.6) is 0 Å². The summed E-state index contributed by atoms with van der Waals surface area (Å²) in [7, 11) is 0. The summed E-state index contributed by atoms with van der Waals surface area (Å²) in [5.41, 5.74) is 17.9. The molecule has 0 amide bonds. The minimum absolute atomic E-state index is 0.144. The maximum absolute atomic E-state index is 4.31. The first-order valence-corrected chi connectivity index (χ1v) is 21.5. The molecule has 9 aromatic rings. The number of hydrogen-bond acceptors (Lipinski definition) is 2. The van der Waals surface area contributed by atoms with Gasteiger partial charge in [0, 0.05) is 48.6 Å². The molecule has 1 heterocycles. The molecular formula is C57H46N2S. The van der Waals surface area contributed by atoms with E-state index in [1.807, 2.05) is 23.9 Å². The zero-order valence-electron chi connectivity index (χ0n) is 34.5. The molecule has 0 saturated carbocycles. The van der Waals surface area contributed by atoms with Crippen molar-refractivity contribution in [3.05, 3.63) is 217 Å². The molecule has 0 bridgehead atoms. The van der Waals surface area contributed by atoms with Crippen molar-refractivity contribution in [3.63, 3.8) is 0 Å². The normalized spacial score (nSPS) is 12.7. The number of hydrogen-bond donors (Lipinski definition) is 0.